The van der Waals surface area contributed by atoms with Gasteiger partial charge in [0.1, 0.15) is 17.3 Å². The molecule has 5 aromatic rings. The summed E-state index contributed by atoms with van der Waals surface area (Å²) in [7, 11) is 7.70. The molecular formula is C59H82N4O13. The zero-order valence-corrected chi connectivity index (χ0v) is 47.6. The summed E-state index contributed by atoms with van der Waals surface area (Å²) in [4.78, 5) is 69.9. The maximum Gasteiger partial charge on any atom is 0.230 e. The minimum absolute atomic E-state index is 0.00241. The number of allylic oxidation sites excluding steroid dienone is 1. The topological polar surface area (TPSA) is 218 Å². The van der Waals surface area contributed by atoms with Crippen molar-refractivity contribution in [2.45, 2.75) is 149 Å². The fraction of sp³-hybridized carbons (Fsp3) is 0.576. The molecule has 5 N–H and O–H groups in total. The second-order valence-corrected chi connectivity index (χ2v) is 22.5. The number of phenols is 1. The molecule has 17 nitrogen and oxygen atoms in total. The molecule has 0 fully saturated rings. The maximum atomic E-state index is 15.2. The number of hydrogen-bond acceptors (Lipinski definition) is 15. The highest BCUT2D eigenvalue weighted by Gasteiger charge is 2.37. The molecular weight excluding hydrogens is 973 g/mol. The third-order valence-corrected chi connectivity index (χ3v) is 15.0. The first-order chi connectivity index (χ1) is 35.8. The summed E-state index contributed by atoms with van der Waals surface area (Å²) in [5.74, 6) is -1.35. The van der Waals surface area contributed by atoms with Crippen LogP contribution in [0.5, 0.6) is 23.0 Å². The van der Waals surface area contributed by atoms with Gasteiger partial charge in [-0.15, -0.1) is 0 Å². The van der Waals surface area contributed by atoms with Crippen LogP contribution in [0.25, 0.3) is 49.2 Å². The van der Waals surface area contributed by atoms with E-state index in [2.05, 4.69) is 21.3 Å². The van der Waals surface area contributed by atoms with Gasteiger partial charge in [-0.3, -0.25) is 24.0 Å². The molecule has 0 aliphatic heterocycles. The number of nitrogens with one attached hydrogen (secondary N) is 4. The number of ketones is 1. The van der Waals surface area contributed by atoms with Gasteiger partial charge < -0.3 is 59.5 Å². The summed E-state index contributed by atoms with van der Waals surface area (Å²) in [5, 5.41) is 28.1. The first kappa shape index (κ1) is 59.2. The molecule has 1 aliphatic carbocycles. The van der Waals surface area contributed by atoms with Gasteiger partial charge in [-0.25, -0.2) is 0 Å². The fourth-order valence-corrected chi connectivity index (χ4v) is 10.2. The van der Waals surface area contributed by atoms with Crippen LogP contribution in [0.2, 0.25) is 0 Å². The molecule has 0 aromatic heterocycles. The van der Waals surface area contributed by atoms with Crippen molar-refractivity contribution >= 4 is 78.1 Å². The minimum atomic E-state index is -0.969. The van der Waals surface area contributed by atoms with E-state index in [1.807, 2.05) is 61.5 Å². The lowest BCUT2D eigenvalue weighted by molar-refractivity contribution is -0.122. The highest BCUT2D eigenvalue weighted by atomic mass is 16.5. The number of carbonyl (C=O) groups excluding carboxylic acids is 3. The van der Waals surface area contributed by atoms with Crippen LogP contribution in [0.1, 0.15) is 138 Å². The normalized spacial score (nSPS) is 14.1. The fourth-order valence-electron chi connectivity index (χ4n) is 10.2. The number of Topliss-reactive ketones (excluding diaryl/α,β-unsaturated/α-hetero) is 1. The van der Waals surface area contributed by atoms with Gasteiger partial charge >= 0.3 is 0 Å². The van der Waals surface area contributed by atoms with Crippen molar-refractivity contribution in [2.24, 2.45) is 0 Å². The second-order valence-electron chi connectivity index (χ2n) is 22.5. The first-order valence-electron chi connectivity index (χ1n) is 26.4. The zero-order valence-electron chi connectivity index (χ0n) is 47.6. The Morgan fingerprint density at radius 1 is 0.592 bits per heavy atom. The molecule has 6 rings (SSSR count). The van der Waals surface area contributed by atoms with E-state index in [-0.39, 0.29) is 81.9 Å². The summed E-state index contributed by atoms with van der Waals surface area (Å²) < 4.78 is 41.4. The number of anilines is 2. The number of hydrogen-bond donors (Lipinski definition) is 5. The SMILES string of the molecule is COc1c2c3c4c(c(NCCCC(=O)NCCC(C)(C)OCCC(C)(C)OC)c(O)c5c(=O)cc(OC)c(c6c(OC)cc(NCCCC(=O)NCCC(C)(C)OCCC(C)(C)OC)c(c1=O)c63)c54)C=C(C)C2C(C)=O. The zero-order chi connectivity index (χ0) is 56.1. The summed E-state index contributed by atoms with van der Waals surface area (Å²) in [6, 6.07) is 3.02. The van der Waals surface area contributed by atoms with E-state index in [1.165, 1.54) is 34.3 Å². The van der Waals surface area contributed by atoms with Crippen LogP contribution in [0.3, 0.4) is 0 Å². The Bertz CT molecular complexity index is 3090. The minimum Gasteiger partial charge on any atom is -0.505 e. The molecule has 0 spiro atoms. The lowest BCUT2D eigenvalue weighted by Crippen LogP contribution is -2.34. The predicted molar refractivity (Wildman–Crippen MR) is 302 cm³/mol. The summed E-state index contributed by atoms with van der Waals surface area (Å²) in [6.07, 6.45) is 5.65. The van der Waals surface area contributed by atoms with Gasteiger partial charge in [-0.1, -0.05) is 11.6 Å². The molecule has 76 heavy (non-hydrogen) atoms. The molecule has 0 radical (unpaired) electrons. The molecule has 0 saturated carbocycles. The van der Waals surface area contributed by atoms with E-state index in [4.69, 9.17) is 33.2 Å². The number of aromatic hydroxyl groups is 1. The van der Waals surface area contributed by atoms with Crippen molar-refractivity contribution in [1.29, 1.82) is 0 Å². The summed E-state index contributed by atoms with van der Waals surface area (Å²) in [5.41, 5.74) is -0.505. The Kier molecular flexibility index (Phi) is 18.8. The number of fused-ring (bicyclic) bond motifs is 1. The average molecular weight is 1060 g/mol. The summed E-state index contributed by atoms with van der Waals surface area (Å²) >= 11 is 0. The number of rotatable bonds is 30. The van der Waals surface area contributed by atoms with Crippen molar-refractivity contribution in [2.75, 3.05) is 85.6 Å². The molecule has 0 heterocycles. The smallest absolute Gasteiger partial charge is 0.230 e. The van der Waals surface area contributed by atoms with Crippen molar-refractivity contribution in [3.63, 3.8) is 0 Å². The van der Waals surface area contributed by atoms with E-state index < -0.39 is 28.0 Å². The van der Waals surface area contributed by atoms with Gasteiger partial charge in [-0.2, -0.15) is 0 Å². The van der Waals surface area contributed by atoms with Crippen molar-refractivity contribution in [1.82, 2.24) is 10.6 Å². The van der Waals surface area contributed by atoms with E-state index in [9.17, 15) is 24.3 Å². The van der Waals surface area contributed by atoms with Crippen LogP contribution in [-0.4, -0.2) is 120 Å². The molecule has 1 aliphatic rings. The molecule has 1 unspecified atom stereocenters. The lowest BCUT2D eigenvalue weighted by atomic mass is 9.80. The van der Waals surface area contributed by atoms with Gasteiger partial charge in [0.25, 0.3) is 0 Å². The van der Waals surface area contributed by atoms with Crippen LogP contribution in [-0.2, 0) is 33.3 Å². The van der Waals surface area contributed by atoms with Gasteiger partial charge in [0.05, 0.1) is 79.3 Å². The van der Waals surface area contributed by atoms with Crippen LogP contribution in [0, 0.1) is 0 Å². The third-order valence-electron chi connectivity index (χ3n) is 15.0. The molecule has 0 bridgehead atoms. The van der Waals surface area contributed by atoms with Crippen molar-refractivity contribution < 1.29 is 52.6 Å². The standard InChI is InChI=1S/C59H82N4O13/c1-33-30-35-43-48-45(53(68)52(35)63-25-17-19-41(67)62-27-21-59(9,10)76-29-23-57(5,6)74-15)37(65)32-39(71-12)47(48)46-38(70-11)31-36(44-50(46)49(43)51(42(33)34(2)64)55(72-13)54(44)69)60-24-16-18-40(66)61-26-20-58(7,8)75-28-22-56(3,4)73-14/h30-32,42,60,63,68H,16-29H2,1-15H3,(H,61,66)(H,62,67). The highest BCUT2D eigenvalue weighted by Crippen LogP contribution is 2.57. The van der Waals surface area contributed by atoms with E-state index in [1.54, 1.807) is 27.2 Å². The maximum absolute atomic E-state index is 15.2. The first-order valence-corrected chi connectivity index (χ1v) is 26.4. The number of benzene rings is 5. The van der Waals surface area contributed by atoms with Crippen LogP contribution in [0.4, 0.5) is 11.4 Å². The Morgan fingerprint density at radius 3 is 1.58 bits per heavy atom. The quantitative estimate of drug-likeness (QED) is 0.0125. The predicted octanol–water partition coefficient (Wildman–Crippen LogP) is 9.33. The third kappa shape index (κ3) is 12.9. The summed E-state index contributed by atoms with van der Waals surface area (Å²) in [6.45, 7) is 21.7. The van der Waals surface area contributed by atoms with Crippen LogP contribution in [0.15, 0.2) is 27.3 Å². The van der Waals surface area contributed by atoms with Crippen molar-refractivity contribution in [3.8, 4) is 23.0 Å². The molecule has 2 amide bonds. The number of carbonyl (C=O) groups is 3. The number of methoxy groups -OCH3 is 5. The molecule has 5 aromatic carbocycles. The van der Waals surface area contributed by atoms with Gasteiger partial charge in [-0.05, 0) is 113 Å². The Morgan fingerprint density at radius 2 is 1.09 bits per heavy atom. The number of amides is 2. The average Bonchev–Trinajstić information content (AvgIpc) is 3.49. The van der Waals surface area contributed by atoms with Crippen LogP contribution < -0.4 is 46.3 Å². The lowest BCUT2D eigenvalue weighted by Gasteiger charge is -2.29. The molecule has 17 heteroatoms. The highest BCUT2D eigenvalue weighted by molar-refractivity contribution is 6.40. The number of ether oxygens (including phenoxy) is 7. The van der Waals surface area contributed by atoms with E-state index in [0.717, 1.165) is 12.8 Å². The molecule has 1 atom stereocenters. The molecule has 0 saturated heterocycles. The van der Waals surface area contributed by atoms with Gasteiger partial charge in [0, 0.05) is 109 Å². The largest absolute Gasteiger partial charge is 0.505 e. The van der Waals surface area contributed by atoms with Gasteiger partial charge in [0.15, 0.2) is 16.9 Å². The van der Waals surface area contributed by atoms with E-state index in [0.29, 0.717) is 119 Å². The number of phenolic OH excluding ortho intramolecular Hbond substituents is 1. The van der Waals surface area contributed by atoms with Crippen LogP contribution >= 0.6 is 0 Å². The molecule has 416 valence electrons. The van der Waals surface area contributed by atoms with E-state index >= 15 is 4.79 Å². The van der Waals surface area contributed by atoms with Crippen molar-refractivity contribution in [3.05, 3.63) is 49.3 Å². The Balaban J connectivity index is 1.35. The monoisotopic (exact) mass is 1050 g/mol. The second kappa shape index (κ2) is 24.1. The Hall–Kier alpha value is -6.01. The van der Waals surface area contributed by atoms with Gasteiger partial charge in [0.2, 0.25) is 17.2 Å². The Labute approximate surface area is 446 Å².